The summed E-state index contributed by atoms with van der Waals surface area (Å²) >= 11 is 0. The molecule has 3 N–H and O–H groups in total. The maximum atomic E-state index is 9.52. The number of hydrogen-bond acceptors (Lipinski definition) is 3. The van der Waals surface area contributed by atoms with Gasteiger partial charge in [-0.2, -0.15) is 0 Å². The standard InChI is InChI=1S/C11H12O3/c1-4-11(2,3)10-8(13)5-7(12)6-9(10)14/h1,5-6,12-14H,2-3H3. The van der Waals surface area contributed by atoms with Gasteiger partial charge in [-0.15, -0.1) is 6.42 Å². The summed E-state index contributed by atoms with van der Waals surface area (Å²) in [4.78, 5) is 0. The summed E-state index contributed by atoms with van der Waals surface area (Å²) in [6.07, 6.45) is 5.28. The van der Waals surface area contributed by atoms with E-state index in [0.717, 1.165) is 12.1 Å². The van der Waals surface area contributed by atoms with Crippen LogP contribution in [-0.4, -0.2) is 15.3 Å². The molecule has 0 heterocycles. The molecule has 0 saturated heterocycles. The second-order valence-electron chi connectivity index (χ2n) is 3.63. The first-order chi connectivity index (χ1) is 6.38. The van der Waals surface area contributed by atoms with Gasteiger partial charge in [0.1, 0.15) is 17.2 Å². The van der Waals surface area contributed by atoms with Crippen LogP contribution < -0.4 is 0 Å². The topological polar surface area (TPSA) is 60.7 Å². The first-order valence-corrected chi connectivity index (χ1v) is 4.11. The van der Waals surface area contributed by atoms with Crippen LogP contribution in [0.5, 0.6) is 17.2 Å². The lowest BCUT2D eigenvalue weighted by Gasteiger charge is -2.20. The summed E-state index contributed by atoms with van der Waals surface area (Å²) in [5.41, 5.74) is -0.528. The van der Waals surface area contributed by atoms with E-state index in [-0.39, 0.29) is 22.8 Å². The average molecular weight is 192 g/mol. The lowest BCUT2D eigenvalue weighted by molar-refractivity contribution is 0.407. The van der Waals surface area contributed by atoms with Crippen LogP contribution >= 0.6 is 0 Å². The van der Waals surface area contributed by atoms with Crippen molar-refractivity contribution in [1.29, 1.82) is 0 Å². The molecule has 0 fully saturated rings. The third-order valence-electron chi connectivity index (χ3n) is 2.07. The van der Waals surface area contributed by atoms with Crippen LogP contribution in [0.1, 0.15) is 19.4 Å². The molecule has 0 aliphatic heterocycles. The van der Waals surface area contributed by atoms with Crippen molar-refractivity contribution in [3.05, 3.63) is 17.7 Å². The van der Waals surface area contributed by atoms with Gasteiger partial charge in [-0.3, -0.25) is 0 Å². The van der Waals surface area contributed by atoms with Crippen LogP contribution in [0.15, 0.2) is 12.1 Å². The van der Waals surface area contributed by atoms with Gasteiger partial charge in [-0.25, -0.2) is 0 Å². The summed E-state index contributed by atoms with van der Waals surface area (Å²) in [6, 6.07) is 2.29. The van der Waals surface area contributed by atoms with Crippen molar-refractivity contribution in [3.8, 4) is 29.6 Å². The van der Waals surface area contributed by atoms with Gasteiger partial charge >= 0.3 is 0 Å². The smallest absolute Gasteiger partial charge is 0.127 e. The second-order valence-corrected chi connectivity index (χ2v) is 3.63. The molecule has 74 valence electrons. The van der Waals surface area contributed by atoms with E-state index in [1.165, 1.54) is 0 Å². The van der Waals surface area contributed by atoms with Gasteiger partial charge in [0.25, 0.3) is 0 Å². The van der Waals surface area contributed by atoms with Gasteiger partial charge in [-0.1, -0.05) is 5.92 Å². The van der Waals surface area contributed by atoms with Crippen molar-refractivity contribution in [3.63, 3.8) is 0 Å². The first-order valence-electron chi connectivity index (χ1n) is 4.11. The van der Waals surface area contributed by atoms with Crippen molar-refractivity contribution < 1.29 is 15.3 Å². The minimum absolute atomic E-state index is 0.198. The first kappa shape index (κ1) is 10.3. The number of aromatic hydroxyl groups is 3. The molecular weight excluding hydrogens is 180 g/mol. The predicted molar refractivity (Wildman–Crippen MR) is 53.3 cm³/mol. The molecule has 1 rings (SSSR count). The van der Waals surface area contributed by atoms with Crippen LogP contribution in [0, 0.1) is 12.3 Å². The Labute approximate surface area is 82.6 Å². The van der Waals surface area contributed by atoms with Gasteiger partial charge in [0.2, 0.25) is 0 Å². The maximum absolute atomic E-state index is 9.52. The molecule has 0 aliphatic carbocycles. The van der Waals surface area contributed by atoms with Crippen LogP contribution in [-0.2, 0) is 5.41 Å². The molecule has 0 aliphatic rings. The number of phenolic OH excluding ortho intramolecular Hbond substituents is 3. The zero-order chi connectivity index (χ0) is 10.9. The fourth-order valence-corrected chi connectivity index (χ4v) is 1.31. The molecule has 0 spiro atoms. The van der Waals surface area contributed by atoms with E-state index in [1.54, 1.807) is 13.8 Å². The van der Waals surface area contributed by atoms with E-state index in [4.69, 9.17) is 11.5 Å². The normalized spacial score (nSPS) is 10.9. The number of terminal acetylenes is 1. The third kappa shape index (κ3) is 1.60. The SMILES string of the molecule is C#CC(C)(C)c1c(O)cc(O)cc1O. The fraction of sp³-hybridized carbons (Fsp3) is 0.273. The molecule has 1 aromatic carbocycles. The van der Waals surface area contributed by atoms with Crippen LogP contribution in [0.25, 0.3) is 0 Å². The number of phenols is 3. The van der Waals surface area contributed by atoms with Gasteiger partial charge in [-0.05, 0) is 13.8 Å². The highest BCUT2D eigenvalue weighted by molar-refractivity contribution is 5.54. The highest BCUT2D eigenvalue weighted by atomic mass is 16.3. The Bertz CT molecular complexity index is 376. The van der Waals surface area contributed by atoms with Crippen molar-refractivity contribution in [2.75, 3.05) is 0 Å². The van der Waals surface area contributed by atoms with Crippen molar-refractivity contribution in [2.45, 2.75) is 19.3 Å². The summed E-state index contributed by atoms with van der Waals surface area (Å²) < 4.78 is 0. The second kappa shape index (κ2) is 3.15. The molecule has 0 saturated carbocycles. The minimum Gasteiger partial charge on any atom is -0.508 e. The minimum atomic E-state index is -0.776. The summed E-state index contributed by atoms with van der Waals surface area (Å²) in [5, 5.41) is 28.1. The Kier molecular flexibility index (Phi) is 2.31. The predicted octanol–water partition coefficient (Wildman–Crippen LogP) is 1.71. The molecule has 0 aromatic heterocycles. The lowest BCUT2D eigenvalue weighted by atomic mass is 9.84. The molecule has 0 bridgehead atoms. The zero-order valence-electron chi connectivity index (χ0n) is 8.07. The van der Waals surface area contributed by atoms with E-state index in [0.29, 0.717) is 0 Å². The Hall–Kier alpha value is -1.82. The van der Waals surface area contributed by atoms with Gasteiger partial charge in [0.05, 0.1) is 11.0 Å². The van der Waals surface area contributed by atoms with E-state index in [9.17, 15) is 10.2 Å². The molecule has 0 amide bonds. The third-order valence-corrected chi connectivity index (χ3v) is 2.07. The quantitative estimate of drug-likeness (QED) is 0.594. The Morgan fingerprint density at radius 3 is 1.93 bits per heavy atom. The Morgan fingerprint density at radius 1 is 1.14 bits per heavy atom. The average Bonchev–Trinajstić information content (AvgIpc) is 2.01. The number of benzene rings is 1. The summed E-state index contributed by atoms with van der Waals surface area (Å²) in [6.45, 7) is 3.39. The van der Waals surface area contributed by atoms with Gasteiger partial charge in [0.15, 0.2) is 0 Å². The van der Waals surface area contributed by atoms with E-state index in [2.05, 4.69) is 5.92 Å². The lowest BCUT2D eigenvalue weighted by Crippen LogP contribution is -2.14. The number of rotatable bonds is 1. The fourth-order valence-electron chi connectivity index (χ4n) is 1.31. The van der Waals surface area contributed by atoms with Crippen LogP contribution in [0.4, 0.5) is 0 Å². The molecule has 3 nitrogen and oxygen atoms in total. The van der Waals surface area contributed by atoms with Crippen molar-refractivity contribution in [1.82, 2.24) is 0 Å². The molecule has 0 radical (unpaired) electrons. The van der Waals surface area contributed by atoms with Crippen LogP contribution in [0.3, 0.4) is 0 Å². The molecule has 0 unspecified atom stereocenters. The Balaban J connectivity index is 3.44. The largest absolute Gasteiger partial charge is 0.508 e. The summed E-state index contributed by atoms with van der Waals surface area (Å²) in [7, 11) is 0. The van der Waals surface area contributed by atoms with Gasteiger partial charge < -0.3 is 15.3 Å². The van der Waals surface area contributed by atoms with E-state index in [1.807, 2.05) is 0 Å². The monoisotopic (exact) mass is 192 g/mol. The Morgan fingerprint density at radius 2 is 1.57 bits per heavy atom. The summed E-state index contributed by atoms with van der Waals surface area (Å²) in [5.74, 6) is 1.85. The molecule has 1 aromatic rings. The zero-order valence-corrected chi connectivity index (χ0v) is 8.07. The molecule has 14 heavy (non-hydrogen) atoms. The van der Waals surface area contributed by atoms with Crippen molar-refractivity contribution in [2.24, 2.45) is 0 Å². The molecule has 0 atom stereocenters. The van der Waals surface area contributed by atoms with Crippen LogP contribution in [0.2, 0.25) is 0 Å². The van der Waals surface area contributed by atoms with Crippen molar-refractivity contribution >= 4 is 0 Å². The van der Waals surface area contributed by atoms with E-state index >= 15 is 0 Å². The van der Waals surface area contributed by atoms with E-state index < -0.39 is 5.41 Å². The highest BCUT2D eigenvalue weighted by Crippen LogP contribution is 2.40. The molecular formula is C11H12O3. The molecule has 3 heteroatoms. The maximum Gasteiger partial charge on any atom is 0.127 e. The van der Waals surface area contributed by atoms with Gasteiger partial charge in [0, 0.05) is 12.1 Å². The highest BCUT2D eigenvalue weighted by Gasteiger charge is 2.25. The number of hydrogen-bond donors (Lipinski definition) is 3.